The van der Waals surface area contributed by atoms with Crippen LogP contribution in [0.1, 0.15) is 58.8 Å². The van der Waals surface area contributed by atoms with Crippen LogP contribution in [-0.2, 0) is 9.59 Å². The minimum absolute atomic E-state index is 0.0686. The number of nitrogens with one attached hydrogen (secondary N) is 2. The first-order chi connectivity index (χ1) is 16.3. The van der Waals surface area contributed by atoms with Gasteiger partial charge in [-0.15, -0.1) is 0 Å². The summed E-state index contributed by atoms with van der Waals surface area (Å²) in [6.45, 7) is 4.85. The third-order valence-electron chi connectivity index (χ3n) is 10.4. The summed E-state index contributed by atoms with van der Waals surface area (Å²) in [4.78, 5) is 35.1. The molecule has 1 aliphatic heterocycles. The molecule has 2 N–H and O–H groups in total. The fourth-order valence-electron chi connectivity index (χ4n) is 8.60. The molecule has 4 aliphatic rings. The summed E-state index contributed by atoms with van der Waals surface area (Å²) in [5.41, 5.74) is 2.11. The van der Waals surface area contributed by atoms with Crippen molar-refractivity contribution in [2.24, 2.45) is 34.5 Å². The van der Waals surface area contributed by atoms with Gasteiger partial charge in [0.25, 0.3) is 0 Å². The van der Waals surface area contributed by atoms with Crippen LogP contribution in [0.5, 0.6) is 0 Å². The highest BCUT2D eigenvalue weighted by atomic mass is 16.2. The Kier molecular flexibility index (Phi) is 4.95. The van der Waals surface area contributed by atoms with Crippen molar-refractivity contribution < 1.29 is 9.59 Å². The first-order valence-electron chi connectivity index (χ1n) is 13.0. The number of likely N-dealkylation sites (N-methyl/N-ethyl adjacent to an activating group) is 1. The SMILES string of the molecule is CN1C(=O)C=C[C@]2(C)C3CC[C@@]4(C)C(CC[C@@H]4CC(=O)Nc4nc5ccccc5[nH]4)C3CCC12. The highest BCUT2D eigenvalue weighted by Gasteiger charge is 2.60. The standard InChI is InChI=1S/C28H36N4O2/c1-27-14-12-20-18(9-11-23-28(20,2)15-13-25(34)32(23)3)19(27)10-8-17(27)16-24(33)31-26-29-21-6-4-5-7-22(21)30-26/h4-7,13,15,17-20,23H,8-12,14,16H2,1-3H3,(H2,29,30,31,33)/t17-,18?,19?,20?,23?,27-,28-/m1/s1. The molecular weight excluding hydrogens is 424 g/mol. The van der Waals surface area contributed by atoms with Gasteiger partial charge in [-0.25, -0.2) is 4.98 Å². The molecule has 0 radical (unpaired) electrons. The Morgan fingerprint density at radius 3 is 2.79 bits per heavy atom. The van der Waals surface area contributed by atoms with Crippen molar-refractivity contribution in [2.45, 2.75) is 64.8 Å². The van der Waals surface area contributed by atoms with Gasteiger partial charge in [-0.3, -0.25) is 14.9 Å². The van der Waals surface area contributed by atoms with E-state index >= 15 is 0 Å². The Morgan fingerprint density at radius 2 is 1.97 bits per heavy atom. The van der Waals surface area contributed by atoms with E-state index in [1.54, 1.807) is 0 Å². The van der Waals surface area contributed by atoms with Crippen molar-refractivity contribution >= 4 is 28.8 Å². The van der Waals surface area contributed by atoms with Gasteiger partial charge >= 0.3 is 0 Å². The number of H-pyrrole nitrogens is 1. The van der Waals surface area contributed by atoms with Crippen LogP contribution in [0.15, 0.2) is 36.4 Å². The largest absolute Gasteiger partial charge is 0.338 e. The molecule has 1 aromatic heterocycles. The van der Waals surface area contributed by atoms with Crippen LogP contribution in [0.4, 0.5) is 5.95 Å². The van der Waals surface area contributed by atoms with Gasteiger partial charge in [0, 0.05) is 24.9 Å². The Bertz CT molecular complexity index is 1140. The van der Waals surface area contributed by atoms with Crippen molar-refractivity contribution in [1.82, 2.24) is 14.9 Å². The molecule has 2 aromatic rings. The lowest BCUT2D eigenvalue weighted by Crippen LogP contribution is -2.59. The van der Waals surface area contributed by atoms with E-state index in [1.807, 2.05) is 42.3 Å². The second kappa shape index (κ2) is 7.69. The summed E-state index contributed by atoms with van der Waals surface area (Å²) < 4.78 is 0. The van der Waals surface area contributed by atoms with E-state index in [4.69, 9.17) is 0 Å². The molecule has 3 saturated carbocycles. The maximum absolute atomic E-state index is 13.0. The van der Waals surface area contributed by atoms with Crippen LogP contribution in [0.3, 0.4) is 0 Å². The quantitative estimate of drug-likeness (QED) is 0.665. The highest BCUT2D eigenvalue weighted by Crippen LogP contribution is 2.65. The number of nitrogens with zero attached hydrogens (tertiary/aromatic N) is 2. The predicted octanol–water partition coefficient (Wildman–Crippen LogP) is 5.15. The molecule has 34 heavy (non-hydrogen) atoms. The molecule has 6 heteroatoms. The molecule has 7 atom stereocenters. The molecule has 3 aliphatic carbocycles. The first kappa shape index (κ1) is 21.9. The molecule has 6 rings (SSSR count). The number of hydrogen-bond donors (Lipinski definition) is 2. The number of carbonyl (C=O) groups is 2. The zero-order valence-electron chi connectivity index (χ0n) is 20.5. The molecule has 4 unspecified atom stereocenters. The number of amides is 2. The summed E-state index contributed by atoms with van der Waals surface area (Å²) in [5.74, 6) is 3.17. The van der Waals surface area contributed by atoms with Gasteiger partial charge in [0.2, 0.25) is 17.8 Å². The molecule has 180 valence electrons. The molecular formula is C28H36N4O2. The van der Waals surface area contributed by atoms with E-state index in [-0.39, 0.29) is 22.6 Å². The number of aromatic nitrogens is 2. The first-order valence-corrected chi connectivity index (χ1v) is 13.0. The Labute approximate surface area is 201 Å². The van der Waals surface area contributed by atoms with Crippen LogP contribution in [-0.4, -0.2) is 39.8 Å². The molecule has 0 spiro atoms. The zero-order chi connectivity index (χ0) is 23.7. The topological polar surface area (TPSA) is 78.1 Å². The maximum atomic E-state index is 13.0. The molecule has 0 bridgehead atoms. The van der Waals surface area contributed by atoms with Crippen LogP contribution < -0.4 is 5.32 Å². The minimum atomic E-state index is 0.0686. The van der Waals surface area contributed by atoms with E-state index in [1.165, 1.54) is 25.7 Å². The van der Waals surface area contributed by atoms with Gasteiger partial charge < -0.3 is 9.88 Å². The molecule has 6 nitrogen and oxygen atoms in total. The van der Waals surface area contributed by atoms with Gasteiger partial charge in [0.1, 0.15) is 0 Å². The van der Waals surface area contributed by atoms with E-state index in [0.717, 1.165) is 23.9 Å². The number of fused-ring (bicyclic) bond motifs is 6. The van der Waals surface area contributed by atoms with Crippen LogP contribution in [0.2, 0.25) is 0 Å². The smallest absolute Gasteiger partial charge is 0.246 e. The number of aromatic amines is 1. The number of carbonyl (C=O) groups excluding carboxylic acids is 2. The normalized spacial score (nSPS) is 39.0. The molecule has 0 saturated heterocycles. The number of rotatable bonds is 3. The molecule has 3 fully saturated rings. The van der Waals surface area contributed by atoms with Crippen molar-refractivity contribution in [1.29, 1.82) is 0 Å². The van der Waals surface area contributed by atoms with E-state index in [0.29, 0.717) is 42.1 Å². The second-order valence-corrected chi connectivity index (χ2v) is 11.8. The van der Waals surface area contributed by atoms with Crippen LogP contribution >= 0.6 is 0 Å². The van der Waals surface area contributed by atoms with Crippen LogP contribution in [0.25, 0.3) is 11.0 Å². The average Bonchev–Trinajstić information content (AvgIpc) is 3.36. The Morgan fingerprint density at radius 1 is 1.15 bits per heavy atom. The summed E-state index contributed by atoms with van der Waals surface area (Å²) in [6, 6.07) is 8.17. The summed E-state index contributed by atoms with van der Waals surface area (Å²) >= 11 is 0. The predicted molar refractivity (Wildman–Crippen MR) is 133 cm³/mol. The van der Waals surface area contributed by atoms with Gasteiger partial charge in [0.05, 0.1) is 11.0 Å². The van der Waals surface area contributed by atoms with Crippen molar-refractivity contribution in [3.8, 4) is 0 Å². The lowest BCUT2D eigenvalue weighted by atomic mass is 9.47. The number of hydrogen-bond acceptors (Lipinski definition) is 3. The average molecular weight is 461 g/mol. The summed E-state index contributed by atoms with van der Waals surface area (Å²) in [6.07, 6.45) is 11.6. The van der Waals surface area contributed by atoms with E-state index < -0.39 is 0 Å². The third-order valence-corrected chi connectivity index (χ3v) is 10.4. The summed E-state index contributed by atoms with van der Waals surface area (Å²) in [5, 5.41) is 3.03. The van der Waals surface area contributed by atoms with E-state index in [2.05, 4.69) is 35.2 Å². The lowest BCUT2D eigenvalue weighted by Gasteiger charge is -2.60. The fraction of sp³-hybridized carbons (Fsp3) is 0.607. The molecule has 1 aromatic carbocycles. The van der Waals surface area contributed by atoms with Gasteiger partial charge in [0.15, 0.2) is 0 Å². The van der Waals surface area contributed by atoms with Gasteiger partial charge in [-0.05, 0) is 85.8 Å². The second-order valence-electron chi connectivity index (χ2n) is 11.8. The zero-order valence-corrected chi connectivity index (χ0v) is 20.5. The number of para-hydroxylation sites is 2. The van der Waals surface area contributed by atoms with Crippen LogP contribution in [0, 0.1) is 34.5 Å². The number of imidazole rings is 1. The van der Waals surface area contributed by atoms with Crippen molar-refractivity contribution in [3.63, 3.8) is 0 Å². The lowest BCUT2D eigenvalue weighted by molar-refractivity contribution is -0.139. The third kappa shape index (κ3) is 3.17. The minimum Gasteiger partial charge on any atom is -0.338 e. The Balaban J connectivity index is 1.17. The van der Waals surface area contributed by atoms with Crippen molar-refractivity contribution in [3.05, 3.63) is 36.4 Å². The monoisotopic (exact) mass is 460 g/mol. The van der Waals surface area contributed by atoms with Crippen molar-refractivity contribution in [2.75, 3.05) is 12.4 Å². The Hall–Kier alpha value is -2.63. The number of benzene rings is 1. The molecule has 2 heterocycles. The maximum Gasteiger partial charge on any atom is 0.246 e. The summed E-state index contributed by atoms with van der Waals surface area (Å²) in [7, 11) is 1.98. The van der Waals surface area contributed by atoms with Gasteiger partial charge in [-0.1, -0.05) is 32.1 Å². The fourth-order valence-corrected chi connectivity index (χ4v) is 8.60. The van der Waals surface area contributed by atoms with Gasteiger partial charge in [-0.2, -0.15) is 0 Å². The van der Waals surface area contributed by atoms with E-state index in [9.17, 15) is 9.59 Å². The number of anilines is 1. The highest BCUT2D eigenvalue weighted by molar-refractivity contribution is 5.91. The molecule has 2 amide bonds.